The number of sulfonamides is 1. The van der Waals surface area contributed by atoms with E-state index in [1.54, 1.807) is 13.8 Å². The molecule has 1 aromatic carbocycles. The smallest absolute Gasteiger partial charge is 0.262 e. The highest BCUT2D eigenvalue weighted by Crippen LogP contribution is 2.21. The summed E-state index contributed by atoms with van der Waals surface area (Å²) in [4.78, 5) is 10.0. The molecule has 1 fully saturated rings. The van der Waals surface area contributed by atoms with E-state index in [-0.39, 0.29) is 0 Å². The molecule has 0 atom stereocenters. The molecule has 0 radical (unpaired) electrons. The Labute approximate surface area is 127 Å². The molecule has 2 rings (SSSR count). The SMILES string of the molecule is Cc1cc(C)c(S(=O)(=O)NOCCN2CCCC2)c(C)c1. The van der Waals surface area contributed by atoms with Gasteiger partial charge in [0.1, 0.15) is 0 Å². The minimum absolute atomic E-state index is 0.314. The first-order valence-corrected chi connectivity index (χ1v) is 8.82. The lowest BCUT2D eigenvalue weighted by Crippen LogP contribution is -2.30. The van der Waals surface area contributed by atoms with E-state index < -0.39 is 10.0 Å². The third-order valence-corrected chi connectivity index (χ3v) is 5.27. The third-order valence-electron chi connectivity index (χ3n) is 3.75. The van der Waals surface area contributed by atoms with Crippen LogP contribution >= 0.6 is 0 Å². The summed E-state index contributed by atoms with van der Waals surface area (Å²) in [5.74, 6) is 0. The topological polar surface area (TPSA) is 58.6 Å². The molecule has 1 heterocycles. The summed E-state index contributed by atoms with van der Waals surface area (Å²) >= 11 is 0. The van der Waals surface area contributed by atoms with E-state index in [9.17, 15) is 8.42 Å². The standard InChI is InChI=1S/C15H24N2O3S/c1-12-10-13(2)15(14(3)11-12)21(18,19)16-20-9-8-17-6-4-5-7-17/h10-11,16H,4-9H2,1-3H3. The molecule has 0 amide bonds. The van der Waals surface area contributed by atoms with Crippen molar-refractivity contribution in [1.82, 2.24) is 9.79 Å². The van der Waals surface area contributed by atoms with Crippen LogP contribution in [0.25, 0.3) is 0 Å². The van der Waals surface area contributed by atoms with Gasteiger partial charge >= 0.3 is 0 Å². The van der Waals surface area contributed by atoms with Crippen LogP contribution in [0.1, 0.15) is 29.5 Å². The predicted molar refractivity (Wildman–Crippen MR) is 82.6 cm³/mol. The average molecular weight is 312 g/mol. The molecule has 1 aliphatic heterocycles. The highest BCUT2D eigenvalue weighted by molar-refractivity contribution is 7.89. The molecule has 21 heavy (non-hydrogen) atoms. The van der Waals surface area contributed by atoms with Crippen LogP contribution in [-0.2, 0) is 14.9 Å². The van der Waals surface area contributed by atoms with Gasteiger partial charge in [0, 0.05) is 6.54 Å². The van der Waals surface area contributed by atoms with Crippen LogP contribution in [0, 0.1) is 20.8 Å². The van der Waals surface area contributed by atoms with E-state index in [0.29, 0.717) is 11.5 Å². The minimum atomic E-state index is -3.62. The maximum atomic E-state index is 12.3. The first-order valence-electron chi connectivity index (χ1n) is 7.34. The molecule has 1 saturated heterocycles. The number of hydrogen-bond donors (Lipinski definition) is 1. The maximum absolute atomic E-state index is 12.3. The Morgan fingerprint density at radius 2 is 1.71 bits per heavy atom. The maximum Gasteiger partial charge on any atom is 0.262 e. The highest BCUT2D eigenvalue weighted by Gasteiger charge is 2.20. The lowest BCUT2D eigenvalue weighted by molar-refractivity contribution is 0.0755. The van der Waals surface area contributed by atoms with Crippen LogP contribution in [0.5, 0.6) is 0 Å². The van der Waals surface area contributed by atoms with E-state index in [4.69, 9.17) is 4.84 Å². The Hall–Kier alpha value is -0.950. The first-order chi connectivity index (χ1) is 9.90. The van der Waals surface area contributed by atoms with Gasteiger partial charge in [-0.2, -0.15) is 0 Å². The molecule has 0 saturated carbocycles. The zero-order valence-electron chi connectivity index (χ0n) is 13.0. The fourth-order valence-corrected chi connectivity index (χ4v) is 4.22. The first kappa shape index (κ1) is 16.4. The summed E-state index contributed by atoms with van der Waals surface area (Å²) in [6.07, 6.45) is 2.43. The van der Waals surface area contributed by atoms with E-state index in [0.717, 1.165) is 36.3 Å². The second kappa shape index (κ2) is 6.87. The average Bonchev–Trinajstić information content (AvgIpc) is 2.86. The Morgan fingerprint density at radius 3 is 2.29 bits per heavy atom. The van der Waals surface area contributed by atoms with Gasteiger partial charge in [-0.05, 0) is 57.8 Å². The zero-order chi connectivity index (χ0) is 15.5. The fraction of sp³-hybridized carbons (Fsp3) is 0.600. The molecule has 1 aliphatic rings. The van der Waals surface area contributed by atoms with Crippen molar-refractivity contribution in [2.75, 3.05) is 26.2 Å². The molecule has 0 unspecified atom stereocenters. The summed E-state index contributed by atoms with van der Waals surface area (Å²) in [6, 6.07) is 3.73. The molecule has 118 valence electrons. The van der Waals surface area contributed by atoms with Crippen LogP contribution in [-0.4, -0.2) is 39.6 Å². The van der Waals surface area contributed by atoms with Crippen molar-refractivity contribution in [3.8, 4) is 0 Å². The highest BCUT2D eigenvalue weighted by atomic mass is 32.2. The van der Waals surface area contributed by atoms with Crippen molar-refractivity contribution in [1.29, 1.82) is 0 Å². The number of hydrogen-bond acceptors (Lipinski definition) is 4. The van der Waals surface area contributed by atoms with Crippen molar-refractivity contribution in [3.63, 3.8) is 0 Å². The van der Waals surface area contributed by atoms with Crippen LogP contribution < -0.4 is 4.89 Å². The van der Waals surface area contributed by atoms with Crippen molar-refractivity contribution in [3.05, 3.63) is 28.8 Å². The van der Waals surface area contributed by atoms with Crippen LogP contribution in [0.2, 0.25) is 0 Å². The second-order valence-corrected chi connectivity index (χ2v) is 7.29. The van der Waals surface area contributed by atoms with Gasteiger partial charge in [-0.15, -0.1) is 0 Å². The summed E-state index contributed by atoms with van der Waals surface area (Å²) in [6.45, 7) is 8.84. The van der Waals surface area contributed by atoms with Gasteiger partial charge in [-0.3, -0.25) is 4.84 Å². The van der Waals surface area contributed by atoms with Gasteiger partial charge in [0.05, 0.1) is 11.5 Å². The zero-order valence-corrected chi connectivity index (χ0v) is 13.8. The van der Waals surface area contributed by atoms with Crippen LogP contribution in [0.4, 0.5) is 0 Å². The molecular weight excluding hydrogens is 288 g/mol. The Morgan fingerprint density at radius 1 is 1.14 bits per heavy atom. The molecule has 1 N–H and O–H groups in total. The second-order valence-electron chi connectivity index (χ2n) is 5.71. The summed E-state index contributed by atoms with van der Waals surface area (Å²) in [7, 11) is -3.62. The predicted octanol–water partition coefficient (Wildman–Crippen LogP) is 1.92. The van der Waals surface area contributed by atoms with Crippen molar-refractivity contribution < 1.29 is 13.3 Å². The van der Waals surface area contributed by atoms with E-state index >= 15 is 0 Å². The van der Waals surface area contributed by atoms with Crippen LogP contribution in [0.15, 0.2) is 17.0 Å². The Bertz CT molecular complexity index is 570. The fourth-order valence-electron chi connectivity index (χ4n) is 2.93. The summed E-state index contributed by atoms with van der Waals surface area (Å²) < 4.78 is 24.7. The molecule has 1 aromatic rings. The molecule has 0 aromatic heterocycles. The lowest BCUT2D eigenvalue weighted by atomic mass is 10.1. The van der Waals surface area contributed by atoms with E-state index in [1.807, 2.05) is 19.1 Å². The lowest BCUT2D eigenvalue weighted by Gasteiger charge is -2.16. The van der Waals surface area contributed by atoms with E-state index in [1.165, 1.54) is 12.8 Å². The number of nitrogens with one attached hydrogen (secondary N) is 1. The summed E-state index contributed by atoms with van der Waals surface area (Å²) in [5, 5.41) is 0. The van der Waals surface area contributed by atoms with Gasteiger partial charge < -0.3 is 4.90 Å². The van der Waals surface area contributed by atoms with Crippen molar-refractivity contribution >= 4 is 10.0 Å². The third kappa shape index (κ3) is 4.26. The molecule has 6 heteroatoms. The Balaban J connectivity index is 1.95. The molecule has 0 bridgehead atoms. The molecule has 5 nitrogen and oxygen atoms in total. The molecular formula is C15H24N2O3S. The number of rotatable bonds is 6. The Kier molecular flexibility index (Phi) is 5.37. The minimum Gasteiger partial charge on any atom is -0.301 e. The van der Waals surface area contributed by atoms with Gasteiger partial charge in [0.25, 0.3) is 10.0 Å². The van der Waals surface area contributed by atoms with Gasteiger partial charge in [-0.25, -0.2) is 8.42 Å². The van der Waals surface area contributed by atoms with Gasteiger partial charge in [0.2, 0.25) is 0 Å². The van der Waals surface area contributed by atoms with Gasteiger partial charge in [-0.1, -0.05) is 22.6 Å². The van der Waals surface area contributed by atoms with E-state index in [2.05, 4.69) is 9.79 Å². The monoisotopic (exact) mass is 312 g/mol. The molecule has 0 spiro atoms. The number of benzene rings is 1. The van der Waals surface area contributed by atoms with Crippen molar-refractivity contribution in [2.45, 2.75) is 38.5 Å². The summed E-state index contributed by atoms with van der Waals surface area (Å²) in [5.41, 5.74) is 2.53. The number of nitrogens with zero attached hydrogens (tertiary/aromatic N) is 1. The van der Waals surface area contributed by atoms with Crippen molar-refractivity contribution in [2.24, 2.45) is 0 Å². The largest absolute Gasteiger partial charge is 0.301 e. The number of aryl methyl sites for hydroxylation is 3. The normalized spacial score (nSPS) is 16.5. The van der Waals surface area contributed by atoms with Gasteiger partial charge in [0.15, 0.2) is 0 Å². The molecule has 0 aliphatic carbocycles. The number of likely N-dealkylation sites (tertiary alicyclic amines) is 1. The quantitative estimate of drug-likeness (QED) is 0.644. The van der Waals surface area contributed by atoms with Crippen LogP contribution in [0.3, 0.4) is 0 Å².